The van der Waals surface area contributed by atoms with Crippen LogP contribution in [0.15, 0.2) is 4.99 Å². The lowest BCUT2D eigenvalue weighted by Gasteiger charge is -2.26. The highest BCUT2D eigenvalue weighted by molar-refractivity contribution is 5.94. The third-order valence-electron chi connectivity index (χ3n) is 4.78. The number of aliphatic hydroxyl groups is 1. The number of carboxylic acids is 1. The van der Waals surface area contributed by atoms with Crippen LogP contribution in [0.4, 0.5) is 0 Å². The Kier molecular flexibility index (Phi) is 14.5. The summed E-state index contributed by atoms with van der Waals surface area (Å²) in [4.78, 5) is 53.2. The Labute approximate surface area is 200 Å². The minimum atomic E-state index is -1.51. The number of hydrogen-bond acceptors (Lipinski definition) is 7. The molecule has 0 heterocycles. The molecule has 0 bridgehead atoms. The van der Waals surface area contributed by atoms with Gasteiger partial charge in [-0.25, -0.2) is 4.79 Å². The van der Waals surface area contributed by atoms with E-state index >= 15 is 0 Å². The summed E-state index contributed by atoms with van der Waals surface area (Å²) in [6.07, 6.45) is 1.16. The van der Waals surface area contributed by atoms with Crippen LogP contribution in [0.25, 0.3) is 0 Å². The summed E-state index contributed by atoms with van der Waals surface area (Å²) >= 11 is 0. The van der Waals surface area contributed by atoms with Crippen LogP contribution in [0, 0.1) is 11.8 Å². The van der Waals surface area contributed by atoms with E-state index < -0.39 is 54.5 Å². The molecular formula is C21H41N7O6. The van der Waals surface area contributed by atoms with Crippen LogP contribution in [0.1, 0.15) is 53.4 Å². The van der Waals surface area contributed by atoms with Gasteiger partial charge in [0.05, 0.1) is 12.6 Å². The number of nitrogens with one attached hydrogen (secondary N) is 3. The maximum absolute atomic E-state index is 13.0. The Morgan fingerprint density at radius 1 is 0.824 bits per heavy atom. The zero-order valence-corrected chi connectivity index (χ0v) is 20.4. The van der Waals surface area contributed by atoms with Gasteiger partial charge in [-0.1, -0.05) is 27.7 Å². The zero-order valence-electron chi connectivity index (χ0n) is 20.4. The summed E-state index contributed by atoms with van der Waals surface area (Å²) in [7, 11) is 0. The lowest BCUT2D eigenvalue weighted by atomic mass is 10.0. The third-order valence-corrected chi connectivity index (χ3v) is 4.78. The van der Waals surface area contributed by atoms with Crippen molar-refractivity contribution in [1.82, 2.24) is 16.0 Å². The molecule has 34 heavy (non-hydrogen) atoms. The SMILES string of the molecule is CC(C)CC(N)C(=O)NC(CCCN=C(N)N)C(=O)NC(CC(C)C)C(=O)NC(CO)C(=O)O. The number of amides is 3. The predicted molar refractivity (Wildman–Crippen MR) is 127 cm³/mol. The fourth-order valence-corrected chi connectivity index (χ4v) is 3.10. The van der Waals surface area contributed by atoms with Crippen LogP contribution >= 0.6 is 0 Å². The van der Waals surface area contributed by atoms with Crippen molar-refractivity contribution in [2.24, 2.45) is 34.0 Å². The van der Waals surface area contributed by atoms with Gasteiger partial charge in [-0.15, -0.1) is 0 Å². The Morgan fingerprint density at radius 2 is 1.32 bits per heavy atom. The Hall–Kier alpha value is -2.93. The molecule has 0 aliphatic heterocycles. The fourth-order valence-electron chi connectivity index (χ4n) is 3.10. The van der Waals surface area contributed by atoms with Crippen LogP contribution < -0.4 is 33.2 Å². The van der Waals surface area contributed by atoms with E-state index in [9.17, 15) is 24.3 Å². The molecule has 0 spiro atoms. The maximum Gasteiger partial charge on any atom is 0.328 e. The van der Waals surface area contributed by atoms with Crippen LogP contribution in [0.2, 0.25) is 0 Å². The van der Waals surface area contributed by atoms with E-state index in [1.807, 2.05) is 27.7 Å². The van der Waals surface area contributed by atoms with Crippen LogP contribution in [-0.4, -0.2) is 77.2 Å². The molecule has 0 aromatic heterocycles. The lowest BCUT2D eigenvalue weighted by molar-refractivity contribution is -0.143. The highest BCUT2D eigenvalue weighted by Gasteiger charge is 2.30. The monoisotopic (exact) mass is 487 g/mol. The van der Waals surface area contributed by atoms with Crippen molar-refractivity contribution in [3.8, 4) is 0 Å². The first kappa shape index (κ1) is 31.1. The fraction of sp³-hybridized carbons (Fsp3) is 0.762. The molecule has 4 atom stereocenters. The number of carboxylic acid groups (broad SMARTS) is 1. The summed E-state index contributed by atoms with van der Waals surface area (Å²) in [6, 6.07) is -4.43. The van der Waals surface area contributed by atoms with Gasteiger partial charge in [-0.2, -0.15) is 0 Å². The Bertz CT molecular complexity index is 710. The van der Waals surface area contributed by atoms with Gasteiger partial charge in [-0.05, 0) is 37.5 Å². The molecule has 0 saturated heterocycles. The van der Waals surface area contributed by atoms with Crippen LogP contribution in [0.3, 0.4) is 0 Å². The normalized spacial score (nSPS) is 14.6. The van der Waals surface area contributed by atoms with E-state index in [-0.39, 0.29) is 37.2 Å². The third kappa shape index (κ3) is 12.9. The van der Waals surface area contributed by atoms with Gasteiger partial charge in [0.25, 0.3) is 0 Å². The number of aliphatic imine (C=N–C) groups is 1. The average molecular weight is 488 g/mol. The molecule has 13 nitrogen and oxygen atoms in total. The number of guanidine groups is 1. The van der Waals surface area contributed by atoms with E-state index in [4.69, 9.17) is 22.3 Å². The molecule has 4 unspecified atom stereocenters. The number of nitrogens with zero attached hydrogens (tertiary/aromatic N) is 1. The largest absolute Gasteiger partial charge is 0.480 e. The topological polar surface area (TPSA) is 235 Å². The van der Waals surface area contributed by atoms with Crippen LogP contribution in [-0.2, 0) is 19.2 Å². The number of hydrogen-bond donors (Lipinski definition) is 8. The molecule has 0 aromatic carbocycles. The minimum absolute atomic E-state index is 0.0252. The molecule has 3 amide bonds. The van der Waals surface area contributed by atoms with Crippen molar-refractivity contribution in [2.75, 3.05) is 13.2 Å². The molecular weight excluding hydrogens is 446 g/mol. The van der Waals surface area contributed by atoms with Crippen molar-refractivity contribution in [2.45, 2.75) is 77.5 Å². The van der Waals surface area contributed by atoms with Gasteiger partial charge in [0.2, 0.25) is 17.7 Å². The summed E-state index contributed by atoms with van der Waals surface area (Å²) in [5.74, 6) is -3.27. The van der Waals surface area contributed by atoms with Gasteiger partial charge in [0, 0.05) is 6.54 Å². The molecule has 13 heteroatoms. The highest BCUT2D eigenvalue weighted by Crippen LogP contribution is 2.09. The van der Waals surface area contributed by atoms with Gasteiger partial charge in [-0.3, -0.25) is 19.4 Å². The molecule has 0 radical (unpaired) electrons. The summed E-state index contributed by atoms with van der Waals surface area (Å²) < 4.78 is 0. The molecule has 0 aliphatic rings. The first-order valence-corrected chi connectivity index (χ1v) is 11.3. The Balaban J connectivity index is 5.52. The van der Waals surface area contributed by atoms with Gasteiger partial charge in [0.1, 0.15) is 18.1 Å². The zero-order chi connectivity index (χ0) is 26.4. The van der Waals surface area contributed by atoms with Gasteiger partial charge < -0.3 is 43.4 Å². The summed E-state index contributed by atoms with van der Waals surface area (Å²) in [5, 5.41) is 25.7. The van der Waals surface area contributed by atoms with E-state index in [1.54, 1.807) is 0 Å². The van der Waals surface area contributed by atoms with E-state index in [1.165, 1.54) is 0 Å². The van der Waals surface area contributed by atoms with Crippen molar-refractivity contribution >= 4 is 29.7 Å². The van der Waals surface area contributed by atoms with Gasteiger partial charge >= 0.3 is 5.97 Å². The Morgan fingerprint density at radius 3 is 1.79 bits per heavy atom. The van der Waals surface area contributed by atoms with Gasteiger partial charge in [0.15, 0.2) is 5.96 Å². The molecule has 196 valence electrons. The van der Waals surface area contributed by atoms with Crippen molar-refractivity contribution < 1.29 is 29.4 Å². The standard InChI is InChI=1S/C21H41N7O6/c1-11(2)8-13(22)17(30)26-14(6-5-7-25-21(23)24)18(31)27-15(9-12(3)4)19(32)28-16(10-29)20(33)34/h11-16,29H,5-10,22H2,1-4H3,(H,26,30)(H,27,31)(H,28,32)(H,33,34)(H4,23,24,25). The first-order valence-electron chi connectivity index (χ1n) is 11.3. The highest BCUT2D eigenvalue weighted by atomic mass is 16.4. The van der Waals surface area contributed by atoms with E-state index in [2.05, 4.69) is 20.9 Å². The number of carbonyl (C=O) groups is 4. The predicted octanol–water partition coefficient (Wildman–Crippen LogP) is -2.01. The number of aliphatic carboxylic acids is 1. The molecule has 11 N–H and O–H groups in total. The molecule has 0 saturated carbocycles. The second-order valence-electron chi connectivity index (χ2n) is 9.02. The van der Waals surface area contributed by atoms with Crippen molar-refractivity contribution in [3.05, 3.63) is 0 Å². The lowest BCUT2D eigenvalue weighted by Crippen LogP contribution is -2.57. The quantitative estimate of drug-likeness (QED) is 0.0681. The second-order valence-corrected chi connectivity index (χ2v) is 9.02. The summed E-state index contributed by atoms with van der Waals surface area (Å²) in [5.41, 5.74) is 16.6. The van der Waals surface area contributed by atoms with Crippen molar-refractivity contribution in [1.29, 1.82) is 0 Å². The van der Waals surface area contributed by atoms with E-state index in [0.717, 1.165) is 0 Å². The second kappa shape index (κ2) is 15.8. The number of rotatable bonds is 16. The number of aliphatic hydroxyl groups excluding tert-OH is 1. The maximum atomic E-state index is 13.0. The average Bonchev–Trinajstić information content (AvgIpc) is 2.71. The van der Waals surface area contributed by atoms with Crippen LogP contribution in [0.5, 0.6) is 0 Å². The number of carbonyl (C=O) groups excluding carboxylic acids is 3. The molecule has 0 rings (SSSR count). The first-order chi connectivity index (χ1) is 15.8. The van der Waals surface area contributed by atoms with Crippen molar-refractivity contribution in [3.63, 3.8) is 0 Å². The number of nitrogens with two attached hydrogens (primary N) is 3. The van der Waals surface area contributed by atoms with E-state index in [0.29, 0.717) is 12.8 Å². The molecule has 0 aliphatic carbocycles. The molecule has 0 aromatic rings. The summed E-state index contributed by atoms with van der Waals surface area (Å²) in [6.45, 7) is 6.91. The smallest absolute Gasteiger partial charge is 0.328 e. The molecule has 0 fully saturated rings. The minimum Gasteiger partial charge on any atom is -0.480 e.